The van der Waals surface area contributed by atoms with Gasteiger partial charge in [0.1, 0.15) is 18.5 Å². The molecule has 1 atom stereocenters. The lowest BCUT2D eigenvalue weighted by Gasteiger charge is -2.27. The SMILES string of the molecule is O=C(NC(Cc1ccc(N2CCOCC2)nc1)C(=O)O)OCC1c2ccccc2-c2ccccc21. The number of benzene rings is 2. The summed E-state index contributed by atoms with van der Waals surface area (Å²) in [5.74, 6) is -0.391. The molecule has 1 amide bonds. The summed E-state index contributed by atoms with van der Waals surface area (Å²) in [4.78, 5) is 31.0. The maximum absolute atomic E-state index is 12.6. The van der Waals surface area contributed by atoms with Crippen LogP contribution in [0.4, 0.5) is 10.6 Å². The summed E-state index contributed by atoms with van der Waals surface area (Å²) in [6.45, 7) is 2.99. The molecule has 2 aromatic carbocycles. The molecule has 8 nitrogen and oxygen atoms in total. The van der Waals surface area contributed by atoms with E-state index in [0.717, 1.165) is 41.2 Å². The third-order valence-corrected chi connectivity index (χ3v) is 6.52. The van der Waals surface area contributed by atoms with E-state index in [1.165, 1.54) is 0 Å². The van der Waals surface area contributed by atoms with Crippen molar-refractivity contribution in [2.24, 2.45) is 0 Å². The van der Waals surface area contributed by atoms with Gasteiger partial charge in [0, 0.05) is 31.6 Å². The number of hydrogen-bond acceptors (Lipinski definition) is 6. The first-order chi connectivity index (χ1) is 17.1. The quantitative estimate of drug-likeness (QED) is 0.542. The Labute approximate surface area is 203 Å². The molecule has 3 aromatic rings. The molecule has 1 saturated heterocycles. The van der Waals surface area contributed by atoms with E-state index in [0.29, 0.717) is 18.8 Å². The number of nitrogens with zero attached hydrogens (tertiary/aromatic N) is 2. The minimum absolute atomic E-state index is 0.0895. The van der Waals surface area contributed by atoms with Crippen LogP contribution in [0.25, 0.3) is 11.1 Å². The minimum atomic E-state index is -1.13. The number of alkyl carbamates (subject to hydrolysis) is 1. The number of ether oxygens (including phenoxy) is 2. The first-order valence-electron chi connectivity index (χ1n) is 11.7. The van der Waals surface area contributed by atoms with Crippen molar-refractivity contribution in [1.29, 1.82) is 0 Å². The summed E-state index contributed by atoms with van der Waals surface area (Å²) in [5, 5.41) is 12.2. The zero-order valence-electron chi connectivity index (χ0n) is 19.2. The Bertz CT molecular complexity index is 1160. The third-order valence-electron chi connectivity index (χ3n) is 6.52. The van der Waals surface area contributed by atoms with E-state index in [-0.39, 0.29) is 18.9 Å². The van der Waals surface area contributed by atoms with Crippen LogP contribution in [-0.2, 0) is 20.7 Å². The van der Waals surface area contributed by atoms with Crippen molar-refractivity contribution in [1.82, 2.24) is 10.3 Å². The summed E-state index contributed by atoms with van der Waals surface area (Å²) in [7, 11) is 0. The normalized spacial score (nSPS) is 15.7. The van der Waals surface area contributed by atoms with Crippen molar-refractivity contribution >= 4 is 17.9 Å². The van der Waals surface area contributed by atoms with Gasteiger partial charge >= 0.3 is 12.1 Å². The fraction of sp³-hybridized carbons (Fsp3) is 0.296. The van der Waals surface area contributed by atoms with Crippen molar-refractivity contribution in [2.75, 3.05) is 37.8 Å². The van der Waals surface area contributed by atoms with Gasteiger partial charge in [0.15, 0.2) is 0 Å². The van der Waals surface area contributed by atoms with Gasteiger partial charge in [0.2, 0.25) is 0 Å². The smallest absolute Gasteiger partial charge is 0.407 e. The molecule has 0 spiro atoms. The van der Waals surface area contributed by atoms with Crippen LogP contribution in [0.15, 0.2) is 66.9 Å². The number of amides is 1. The van der Waals surface area contributed by atoms with Gasteiger partial charge in [0.25, 0.3) is 0 Å². The highest BCUT2D eigenvalue weighted by molar-refractivity contribution is 5.81. The maximum Gasteiger partial charge on any atom is 0.407 e. The van der Waals surface area contributed by atoms with Gasteiger partial charge in [-0.1, -0.05) is 54.6 Å². The Balaban J connectivity index is 1.20. The summed E-state index contributed by atoms with van der Waals surface area (Å²) >= 11 is 0. The van der Waals surface area contributed by atoms with Crippen LogP contribution in [0.2, 0.25) is 0 Å². The van der Waals surface area contributed by atoms with E-state index in [2.05, 4.69) is 27.3 Å². The standard InChI is InChI=1S/C27H27N3O5/c31-26(32)24(15-18-9-10-25(28-16-18)30-11-13-34-14-12-30)29-27(33)35-17-23-21-7-3-1-5-19(21)20-6-2-4-8-22(20)23/h1-10,16,23-24H,11-15,17H2,(H,29,33)(H,31,32). The molecule has 1 aliphatic carbocycles. The van der Waals surface area contributed by atoms with Crippen LogP contribution >= 0.6 is 0 Å². The number of pyridine rings is 1. The van der Waals surface area contributed by atoms with E-state index in [4.69, 9.17) is 9.47 Å². The zero-order chi connectivity index (χ0) is 24.2. The first kappa shape index (κ1) is 22.9. The largest absolute Gasteiger partial charge is 0.480 e. The molecule has 35 heavy (non-hydrogen) atoms. The average molecular weight is 474 g/mol. The highest BCUT2D eigenvalue weighted by Gasteiger charge is 2.30. The van der Waals surface area contributed by atoms with E-state index >= 15 is 0 Å². The van der Waals surface area contributed by atoms with Gasteiger partial charge in [-0.2, -0.15) is 0 Å². The summed E-state index contributed by atoms with van der Waals surface area (Å²) in [6.07, 6.45) is 1.01. The van der Waals surface area contributed by atoms with Crippen LogP contribution in [0.5, 0.6) is 0 Å². The molecule has 5 rings (SSSR count). The summed E-state index contributed by atoms with van der Waals surface area (Å²) < 4.78 is 10.9. The van der Waals surface area contributed by atoms with Crippen LogP contribution in [0.1, 0.15) is 22.6 Å². The molecular formula is C27H27N3O5. The maximum atomic E-state index is 12.6. The lowest BCUT2D eigenvalue weighted by molar-refractivity contribution is -0.139. The van der Waals surface area contributed by atoms with Gasteiger partial charge in [-0.3, -0.25) is 0 Å². The van der Waals surface area contributed by atoms with Crippen molar-refractivity contribution in [2.45, 2.75) is 18.4 Å². The molecule has 1 aliphatic heterocycles. The number of carbonyl (C=O) groups excluding carboxylic acids is 1. The molecular weight excluding hydrogens is 446 g/mol. The molecule has 1 aromatic heterocycles. The van der Waals surface area contributed by atoms with Crippen molar-refractivity contribution in [3.8, 4) is 11.1 Å². The second-order valence-corrected chi connectivity index (χ2v) is 8.69. The number of hydrogen-bond donors (Lipinski definition) is 2. The number of nitrogens with one attached hydrogen (secondary N) is 1. The topological polar surface area (TPSA) is 101 Å². The lowest BCUT2D eigenvalue weighted by Crippen LogP contribution is -2.43. The number of anilines is 1. The number of rotatable bonds is 7. The summed E-state index contributed by atoms with van der Waals surface area (Å²) in [6, 6.07) is 18.7. The molecule has 0 bridgehead atoms. The van der Waals surface area contributed by atoms with Crippen molar-refractivity contribution < 1.29 is 24.2 Å². The highest BCUT2D eigenvalue weighted by Crippen LogP contribution is 2.44. The van der Waals surface area contributed by atoms with Gasteiger partial charge < -0.3 is 24.8 Å². The molecule has 2 aliphatic rings. The number of carboxylic acids is 1. The molecule has 180 valence electrons. The third kappa shape index (κ3) is 4.97. The Hall–Kier alpha value is -3.91. The van der Waals surface area contributed by atoms with Crippen molar-refractivity contribution in [3.63, 3.8) is 0 Å². The van der Waals surface area contributed by atoms with Gasteiger partial charge in [-0.05, 0) is 33.9 Å². The number of fused-ring (bicyclic) bond motifs is 3. The molecule has 0 radical (unpaired) electrons. The number of carboxylic acid groups (broad SMARTS) is 1. The van der Waals surface area contributed by atoms with E-state index in [1.54, 1.807) is 6.20 Å². The first-order valence-corrected chi connectivity index (χ1v) is 11.7. The number of aliphatic carboxylic acids is 1. The second-order valence-electron chi connectivity index (χ2n) is 8.69. The fourth-order valence-electron chi connectivity index (χ4n) is 4.74. The van der Waals surface area contributed by atoms with Crippen LogP contribution in [0.3, 0.4) is 0 Å². The lowest BCUT2D eigenvalue weighted by atomic mass is 9.98. The number of carbonyl (C=O) groups is 2. The summed E-state index contributed by atoms with van der Waals surface area (Å²) in [5.41, 5.74) is 5.18. The van der Waals surface area contributed by atoms with Gasteiger partial charge in [-0.25, -0.2) is 14.6 Å². The van der Waals surface area contributed by atoms with Gasteiger partial charge in [0.05, 0.1) is 13.2 Å². The zero-order valence-corrected chi connectivity index (χ0v) is 19.2. The monoisotopic (exact) mass is 473 g/mol. The predicted molar refractivity (Wildman–Crippen MR) is 131 cm³/mol. The van der Waals surface area contributed by atoms with E-state index in [9.17, 15) is 14.7 Å². The minimum Gasteiger partial charge on any atom is -0.480 e. The Morgan fingerprint density at radius 3 is 2.29 bits per heavy atom. The average Bonchev–Trinajstić information content (AvgIpc) is 3.21. The molecule has 1 unspecified atom stereocenters. The Morgan fingerprint density at radius 2 is 1.69 bits per heavy atom. The molecule has 8 heteroatoms. The fourth-order valence-corrected chi connectivity index (χ4v) is 4.74. The predicted octanol–water partition coefficient (Wildman–Crippen LogP) is 3.45. The second kappa shape index (κ2) is 10.1. The molecule has 2 N–H and O–H groups in total. The molecule has 0 saturated carbocycles. The van der Waals surface area contributed by atoms with E-state index < -0.39 is 18.1 Å². The number of morpholine rings is 1. The Morgan fingerprint density at radius 1 is 1.03 bits per heavy atom. The van der Waals surface area contributed by atoms with E-state index in [1.807, 2.05) is 48.5 Å². The van der Waals surface area contributed by atoms with Crippen LogP contribution < -0.4 is 10.2 Å². The van der Waals surface area contributed by atoms with Crippen LogP contribution in [-0.4, -0.2) is 61.1 Å². The Kier molecular flexibility index (Phi) is 6.63. The van der Waals surface area contributed by atoms with Gasteiger partial charge in [-0.15, -0.1) is 0 Å². The highest BCUT2D eigenvalue weighted by atomic mass is 16.5. The molecule has 2 heterocycles. The van der Waals surface area contributed by atoms with Crippen LogP contribution in [0, 0.1) is 0 Å². The molecule has 1 fully saturated rings. The number of aromatic nitrogens is 1. The van der Waals surface area contributed by atoms with Crippen molar-refractivity contribution in [3.05, 3.63) is 83.6 Å².